The number of nitrogens with zero attached hydrogens (tertiary/aromatic N) is 3. The molecule has 0 bridgehead atoms. The summed E-state index contributed by atoms with van der Waals surface area (Å²) in [5.74, 6) is 0.607. The molecule has 0 aliphatic carbocycles. The molecule has 2 amide bonds. The summed E-state index contributed by atoms with van der Waals surface area (Å²) in [5.41, 5.74) is 1.16. The van der Waals surface area contributed by atoms with Gasteiger partial charge in [0.1, 0.15) is 5.75 Å². The molecule has 4 rings (SSSR count). The van der Waals surface area contributed by atoms with Crippen LogP contribution in [0.5, 0.6) is 17.4 Å². The molecular formula is C22H19F3N4O3. The summed E-state index contributed by atoms with van der Waals surface area (Å²) in [4.78, 5) is 22.2. The van der Waals surface area contributed by atoms with Gasteiger partial charge in [-0.25, -0.2) is 9.78 Å². The zero-order chi connectivity index (χ0) is 22.9. The third kappa shape index (κ3) is 4.29. The molecule has 3 heterocycles. The van der Waals surface area contributed by atoms with Gasteiger partial charge < -0.3 is 14.8 Å². The van der Waals surface area contributed by atoms with Gasteiger partial charge in [0.15, 0.2) is 5.75 Å². The van der Waals surface area contributed by atoms with Crippen molar-refractivity contribution >= 4 is 17.4 Å². The van der Waals surface area contributed by atoms with Gasteiger partial charge in [-0.2, -0.15) is 13.2 Å². The molecule has 7 nitrogen and oxygen atoms in total. The smallest absolute Gasteiger partial charge is 0.420 e. The minimum absolute atomic E-state index is 0.204. The van der Waals surface area contributed by atoms with Crippen LogP contribution in [0.4, 0.5) is 29.3 Å². The highest BCUT2D eigenvalue weighted by molar-refractivity contribution is 6.03. The number of ether oxygens (including phenoxy) is 2. The van der Waals surface area contributed by atoms with Gasteiger partial charge in [-0.15, -0.1) is 0 Å². The number of carbonyl (C=O) groups excluding carboxylic acids is 1. The Morgan fingerprint density at radius 2 is 1.97 bits per heavy atom. The molecule has 0 unspecified atom stereocenters. The zero-order valence-electron chi connectivity index (χ0n) is 17.2. The number of urea groups is 1. The molecule has 1 aromatic carbocycles. The lowest BCUT2D eigenvalue weighted by molar-refractivity contribution is -0.138. The molecule has 0 saturated carbocycles. The van der Waals surface area contributed by atoms with E-state index in [1.807, 2.05) is 6.92 Å². The number of anilines is 2. The van der Waals surface area contributed by atoms with Crippen molar-refractivity contribution in [3.63, 3.8) is 0 Å². The minimum Gasteiger partial charge on any atom is -0.496 e. The first-order chi connectivity index (χ1) is 15.3. The Morgan fingerprint density at radius 3 is 2.62 bits per heavy atom. The van der Waals surface area contributed by atoms with Gasteiger partial charge in [-0.3, -0.25) is 9.88 Å². The Bertz CT molecular complexity index is 1150. The van der Waals surface area contributed by atoms with Crippen LogP contribution in [0.1, 0.15) is 16.7 Å². The van der Waals surface area contributed by atoms with E-state index < -0.39 is 17.8 Å². The number of pyridine rings is 2. The van der Waals surface area contributed by atoms with E-state index in [9.17, 15) is 18.0 Å². The van der Waals surface area contributed by atoms with Gasteiger partial charge in [0.25, 0.3) is 0 Å². The number of rotatable bonds is 4. The second-order valence-electron chi connectivity index (χ2n) is 7.14. The lowest BCUT2D eigenvalue weighted by Gasteiger charge is -2.20. The van der Waals surface area contributed by atoms with Crippen LogP contribution in [0.2, 0.25) is 0 Å². The van der Waals surface area contributed by atoms with Crippen molar-refractivity contribution in [3.05, 3.63) is 65.6 Å². The highest BCUT2D eigenvalue weighted by Crippen LogP contribution is 2.42. The Balaban J connectivity index is 1.49. The van der Waals surface area contributed by atoms with E-state index in [1.165, 1.54) is 24.3 Å². The van der Waals surface area contributed by atoms with Crippen molar-refractivity contribution in [2.45, 2.75) is 19.5 Å². The van der Waals surface area contributed by atoms with Crippen LogP contribution in [0, 0.1) is 6.92 Å². The van der Waals surface area contributed by atoms with E-state index in [0.29, 0.717) is 29.3 Å². The number of aryl methyl sites for hydroxylation is 1. The number of halogens is 3. The largest absolute Gasteiger partial charge is 0.496 e. The summed E-state index contributed by atoms with van der Waals surface area (Å²) < 4.78 is 50.7. The Kier molecular flexibility index (Phi) is 5.60. The minimum atomic E-state index is -4.60. The molecule has 32 heavy (non-hydrogen) atoms. The summed E-state index contributed by atoms with van der Waals surface area (Å²) in [5, 5.41) is 2.66. The van der Waals surface area contributed by atoms with Crippen molar-refractivity contribution in [2.75, 3.05) is 23.9 Å². The average Bonchev–Trinajstić information content (AvgIpc) is 3.18. The predicted molar refractivity (Wildman–Crippen MR) is 111 cm³/mol. The molecule has 0 spiro atoms. The number of benzene rings is 1. The number of carbonyl (C=O) groups is 1. The van der Waals surface area contributed by atoms with Crippen molar-refractivity contribution < 1.29 is 27.4 Å². The Labute approximate surface area is 181 Å². The Hall–Kier alpha value is -3.82. The monoisotopic (exact) mass is 444 g/mol. The maximum Gasteiger partial charge on any atom is 0.420 e. The molecule has 166 valence electrons. The molecule has 1 aliphatic rings. The fraction of sp³-hybridized carbons (Fsp3) is 0.227. The van der Waals surface area contributed by atoms with Crippen molar-refractivity contribution in [1.82, 2.24) is 9.97 Å². The number of fused-ring (bicyclic) bond motifs is 1. The second-order valence-corrected chi connectivity index (χ2v) is 7.14. The van der Waals surface area contributed by atoms with Crippen molar-refractivity contribution in [3.8, 4) is 17.4 Å². The predicted octanol–water partition coefficient (Wildman–Crippen LogP) is 5.20. The van der Waals surface area contributed by atoms with Crippen LogP contribution in [-0.4, -0.2) is 29.7 Å². The van der Waals surface area contributed by atoms with Crippen LogP contribution in [0.25, 0.3) is 0 Å². The topological polar surface area (TPSA) is 76.6 Å². The third-order valence-electron chi connectivity index (χ3n) is 5.04. The van der Waals surface area contributed by atoms with Crippen LogP contribution >= 0.6 is 0 Å². The van der Waals surface area contributed by atoms with Gasteiger partial charge in [0.05, 0.1) is 30.8 Å². The maximum absolute atomic E-state index is 13.4. The molecule has 0 radical (unpaired) electrons. The van der Waals surface area contributed by atoms with E-state index in [1.54, 1.807) is 30.6 Å². The number of aromatic nitrogens is 2. The van der Waals surface area contributed by atoms with Crippen LogP contribution in [-0.2, 0) is 12.6 Å². The highest BCUT2D eigenvalue weighted by Gasteiger charge is 2.37. The van der Waals surface area contributed by atoms with Gasteiger partial charge in [-0.05, 0) is 48.7 Å². The summed E-state index contributed by atoms with van der Waals surface area (Å²) in [6.45, 7) is 2.12. The van der Waals surface area contributed by atoms with Gasteiger partial charge >= 0.3 is 12.2 Å². The van der Waals surface area contributed by atoms with Crippen molar-refractivity contribution in [2.24, 2.45) is 0 Å². The SMILES string of the molecule is COc1cc2c(cc1C(F)(F)F)N(C(=O)Nc1ccc(Oc3cnccc3C)nc1)CC2. The first kappa shape index (κ1) is 21.4. The molecule has 0 fully saturated rings. The third-order valence-corrected chi connectivity index (χ3v) is 5.04. The fourth-order valence-electron chi connectivity index (χ4n) is 3.39. The number of alkyl halides is 3. The lowest BCUT2D eigenvalue weighted by atomic mass is 10.1. The number of amides is 2. The van der Waals surface area contributed by atoms with Crippen LogP contribution in [0.3, 0.4) is 0 Å². The Morgan fingerprint density at radius 1 is 1.16 bits per heavy atom. The quantitative estimate of drug-likeness (QED) is 0.599. The van der Waals surface area contributed by atoms with Crippen molar-refractivity contribution in [1.29, 1.82) is 0 Å². The van der Waals surface area contributed by atoms with Gasteiger partial charge in [0, 0.05) is 24.5 Å². The van der Waals surface area contributed by atoms with E-state index in [-0.39, 0.29) is 18.0 Å². The number of methoxy groups -OCH3 is 1. The summed E-state index contributed by atoms with van der Waals surface area (Å²) >= 11 is 0. The number of hydrogen-bond acceptors (Lipinski definition) is 5. The first-order valence-corrected chi connectivity index (χ1v) is 9.67. The molecule has 0 atom stereocenters. The molecule has 3 aromatic rings. The number of nitrogens with one attached hydrogen (secondary N) is 1. The molecule has 1 N–H and O–H groups in total. The fourth-order valence-corrected chi connectivity index (χ4v) is 3.39. The lowest BCUT2D eigenvalue weighted by Crippen LogP contribution is -2.33. The number of hydrogen-bond donors (Lipinski definition) is 1. The average molecular weight is 444 g/mol. The summed E-state index contributed by atoms with van der Waals surface area (Å²) in [6, 6.07) is 6.70. The van der Waals surface area contributed by atoms with Gasteiger partial charge in [-0.1, -0.05) is 0 Å². The van der Waals surface area contributed by atoms with Crippen LogP contribution < -0.4 is 19.7 Å². The van der Waals surface area contributed by atoms with E-state index in [0.717, 1.165) is 11.6 Å². The molecule has 10 heteroatoms. The summed E-state index contributed by atoms with van der Waals surface area (Å²) in [7, 11) is 1.19. The standard InChI is InChI=1S/C22H19F3N4O3/c1-13-5-7-26-12-19(13)32-20-4-3-15(11-27-20)28-21(30)29-8-6-14-9-18(31-2)16(10-17(14)29)22(23,24)25/h3-5,7,9-12H,6,8H2,1-2H3,(H,28,30). The van der Waals surface area contributed by atoms with Crippen LogP contribution in [0.15, 0.2) is 48.9 Å². The zero-order valence-corrected chi connectivity index (χ0v) is 17.2. The molecule has 1 aliphatic heterocycles. The van der Waals surface area contributed by atoms with E-state index >= 15 is 0 Å². The molecule has 0 saturated heterocycles. The molecule has 2 aromatic heterocycles. The normalized spacial score (nSPS) is 13.0. The highest BCUT2D eigenvalue weighted by atomic mass is 19.4. The van der Waals surface area contributed by atoms with E-state index in [2.05, 4.69) is 15.3 Å². The van der Waals surface area contributed by atoms with E-state index in [4.69, 9.17) is 9.47 Å². The first-order valence-electron chi connectivity index (χ1n) is 9.67. The molecular weight excluding hydrogens is 425 g/mol. The summed E-state index contributed by atoms with van der Waals surface area (Å²) in [6.07, 6.45) is 0.454. The second kappa shape index (κ2) is 8.37. The van der Waals surface area contributed by atoms with Gasteiger partial charge in [0.2, 0.25) is 5.88 Å². The maximum atomic E-state index is 13.4.